The lowest BCUT2D eigenvalue weighted by Crippen LogP contribution is -2.58. The first-order valence-electron chi connectivity index (χ1n) is 15.5. The predicted molar refractivity (Wildman–Crippen MR) is 167 cm³/mol. The van der Waals surface area contributed by atoms with Crippen molar-refractivity contribution >= 4 is 29.4 Å². The summed E-state index contributed by atoms with van der Waals surface area (Å²) in [6.45, 7) is 13.4. The SMILES string of the molecule is C[C@H]1C[C@H](N2CCN(C)CC2)CN1c1nc(-c2ccccc2F)c(Cl)c2c1C(=O)N1CCN(C(=O)OC(C)(C)C)C[C@@H]1CO2. The molecule has 3 atom stereocenters. The molecule has 0 bridgehead atoms. The van der Waals surface area contributed by atoms with Gasteiger partial charge >= 0.3 is 6.09 Å². The van der Waals surface area contributed by atoms with Gasteiger partial charge in [0, 0.05) is 70.0 Å². The van der Waals surface area contributed by atoms with Crippen LogP contribution in [-0.4, -0.2) is 126 Å². The van der Waals surface area contributed by atoms with E-state index in [0.717, 1.165) is 32.6 Å². The molecule has 3 saturated heterocycles. The van der Waals surface area contributed by atoms with Crippen molar-refractivity contribution in [2.24, 2.45) is 0 Å². The molecule has 238 valence electrons. The molecule has 4 aliphatic heterocycles. The lowest BCUT2D eigenvalue weighted by atomic mass is 10.1. The maximum Gasteiger partial charge on any atom is 0.410 e. The van der Waals surface area contributed by atoms with Crippen LogP contribution in [0.2, 0.25) is 5.02 Å². The van der Waals surface area contributed by atoms with Crippen molar-refractivity contribution < 1.29 is 23.5 Å². The number of hydrogen-bond donors (Lipinski definition) is 0. The van der Waals surface area contributed by atoms with Crippen LogP contribution in [0.15, 0.2) is 24.3 Å². The maximum absolute atomic E-state index is 15.2. The monoisotopic (exact) mass is 628 g/mol. The van der Waals surface area contributed by atoms with Gasteiger partial charge in [0.2, 0.25) is 0 Å². The Kier molecular flexibility index (Phi) is 8.40. The number of ether oxygens (including phenoxy) is 2. The lowest BCUT2D eigenvalue weighted by molar-refractivity contribution is 0.000954. The van der Waals surface area contributed by atoms with Gasteiger partial charge in [0.05, 0.1) is 11.7 Å². The fourth-order valence-corrected chi connectivity index (χ4v) is 7.02. The topological polar surface area (TPSA) is 81.7 Å². The number of carbonyl (C=O) groups excluding carboxylic acids is 2. The molecule has 0 N–H and O–H groups in total. The van der Waals surface area contributed by atoms with Crippen molar-refractivity contribution in [2.45, 2.75) is 57.8 Å². The highest BCUT2D eigenvalue weighted by atomic mass is 35.5. The highest BCUT2D eigenvalue weighted by Gasteiger charge is 2.44. The number of aromatic nitrogens is 1. The molecule has 10 nitrogen and oxygen atoms in total. The maximum atomic E-state index is 15.2. The first kappa shape index (κ1) is 30.9. The van der Waals surface area contributed by atoms with Crippen LogP contribution in [0.25, 0.3) is 11.3 Å². The molecule has 12 heteroatoms. The van der Waals surface area contributed by atoms with E-state index in [-0.39, 0.29) is 47.1 Å². The molecular weight excluding hydrogens is 587 g/mol. The summed E-state index contributed by atoms with van der Waals surface area (Å²) in [7, 11) is 2.14. The number of carbonyl (C=O) groups is 2. The van der Waals surface area contributed by atoms with Crippen molar-refractivity contribution in [1.82, 2.24) is 24.6 Å². The van der Waals surface area contributed by atoms with Crippen LogP contribution in [0.3, 0.4) is 0 Å². The van der Waals surface area contributed by atoms with E-state index in [4.69, 9.17) is 26.1 Å². The number of anilines is 1. The molecular formula is C32H42ClFN6O4. The molecule has 4 aliphatic rings. The van der Waals surface area contributed by atoms with Gasteiger partial charge in [-0.25, -0.2) is 14.2 Å². The third kappa shape index (κ3) is 5.93. The minimum atomic E-state index is -0.633. The Balaban J connectivity index is 1.37. The highest BCUT2D eigenvalue weighted by Crippen LogP contribution is 2.45. The van der Waals surface area contributed by atoms with E-state index in [1.165, 1.54) is 6.07 Å². The average molecular weight is 629 g/mol. The zero-order chi connectivity index (χ0) is 31.3. The molecule has 0 unspecified atom stereocenters. The van der Waals surface area contributed by atoms with Crippen molar-refractivity contribution in [3.05, 3.63) is 40.7 Å². The fraction of sp³-hybridized carbons (Fsp3) is 0.594. The summed E-state index contributed by atoms with van der Waals surface area (Å²) in [5, 5.41) is 0.105. The van der Waals surface area contributed by atoms with E-state index in [1.54, 1.807) is 28.0 Å². The van der Waals surface area contributed by atoms with Crippen LogP contribution in [-0.2, 0) is 4.74 Å². The second-order valence-electron chi connectivity index (χ2n) is 13.4. The van der Waals surface area contributed by atoms with Crippen LogP contribution in [0.1, 0.15) is 44.5 Å². The number of amides is 2. The van der Waals surface area contributed by atoms with Gasteiger partial charge in [0.15, 0.2) is 5.75 Å². The van der Waals surface area contributed by atoms with Gasteiger partial charge in [-0.1, -0.05) is 23.7 Å². The van der Waals surface area contributed by atoms with Gasteiger partial charge < -0.3 is 29.1 Å². The molecule has 1 aromatic heterocycles. The molecule has 0 radical (unpaired) electrons. The van der Waals surface area contributed by atoms with Crippen molar-refractivity contribution in [3.8, 4) is 17.0 Å². The van der Waals surface area contributed by atoms with Crippen LogP contribution < -0.4 is 9.64 Å². The number of fused-ring (bicyclic) bond motifs is 2. The van der Waals surface area contributed by atoms with E-state index < -0.39 is 23.6 Å². The van der Waals surface area contributed by atoms with E-state index in [0.29, 0.717) is 37.1 Å². The number of nitrogens with zero attached hydrogens (tertiary/aromatic N) is 6. The van der Waals surface area contributed by atoms with Crippen LogP contribution in [0.5, 0.6) is 5.75 Å². The summed E-state index contributed by atoms with van der Waals surface area (Å²) in [5.41, 5.74) is 0.162. The van der Waals surface area contributed by atoms with Gasteiger partial charge in [-0.3, -0.25) is 9.69 Å². The van der Waals surface area contributed by atoms with Gasteiger partial charge in [-0.05, 0) is 53.3 Å². The van der Waals surface area contributed by atoms with Gasteiger partial charge in [0.1, 0.15) is 34.4 Å². The molecule has 0 aliphatic carbocycles. The van der Waals surface area contributed by atoms with Gasteiger partial charge in [-0.15, -0.1) is 0 Å². The lowest BCUT2D eigenvalue weighted by Gasteiger charge is -2.40. The summed E-state index contributed by atoms with van der Waals surface area (Å²) >= 11 is 6.96. The molecule has 0 saturated carbocycles. The molecule has 5 heterocycles. The van der Waals surface area contributed by atoms with Gasteiger partial charge in [-0.2, -0.15) is 0 Å². The van der Waals surface area contributed by atoms with Crippen LogP contribution in [0, 0.1) is 5.82 Å². The Morgan fingerprint density at radius 2 is 1.77 bits per heavy atom. The molecule has 6 rings (SSSR count). The number of benzene rings is 1. The smallest absolute Gasteiger partial charge is 0.410 e. The molecule has 44 heavy (non-hydrogen) atoms. The predicted octanol–water partition coefficient (Wildman–Crippen LogP) is 4.21. The van der Waals surface area contributed by atoms with Crippen molar-refractivity contribution in [2.75, 3.05) is 70.9 Å². The number of hydrogen-bond acceptors (Lipinski definition) is 8. The quantitative estimate of drug-likeness (QED) is 0.500. The van der Waals surface area contributed by atoms with Crippen molar-refractivity contribution in [1.29, 1.82) is 0 Å². The Morgan fingerprint density at radius 1 is 1.05 bits per heavy atom. The standard InChI is InChI=1S/C32H42ClFN6O4/c1-20-16-21(37-12-10-36(5)11-13-37)18-40(20)29-25-28(26(33)27(35-29)23-8-6-7-9-24(23)34)43-19-22-17-38(14-15-39(22)30(25)41)31(42)44-32(2,3)4/h6-9,20-22H,10-19H2,1-5H3/t20-,21-,22+/m0/s1. The Hall–Kier alpha value is -3.15. The zero-order valence-electron chi connectivity index (χ0n) is 26.2. The van der Waals surface area contributed by atoms with E-state index in [2.05, 4.69) is 28.7 Å². The normalized spacial score (nSPS) is 24.9. The first-order chi connectivity index (χ1) is 20.9. The average Bonchev–Trinajstić information content (AvgIpc) is 3.29. The minimum Gasteiger partial charge on any atom is -0.489 e. The molecule has 3 fully saturated rings. The summed E-state index contributed by atoms with van der Waals surface area (Å²) in [4.78, 5) is 42.7. The number of halogens is 2. The van der Waals surface area contributed by atoms with Crippen LogP contribution >= 0.6 is 11.6 Å². The first-order valence-corrected chi connectivity index (χ1v) is 15.9. The van der Waals surface area contributed by atoms with Gasteiger partial charge in [0.25, 0.3) is 5.91 Å². The molecule has 2 aromatic rings. The summed E-state index contributed by atoms with van der Waals surface area (Å²) in [5.74, 6) is -0.0191. The number of pyridine rings is 1. The summed E-state index contributed by atoms with van der Waals surface area (Å²) in [6, 6.07) is 6.35. The van der Waals surface area contributed by atoms with Crippen LogP contribution in [0.4, 0.5) is 15.0 Å². The summed E-state index contributed by atoms with van der Waals surface area (Å²) in [6.07, 6.45) is 0.499. The Morgan fingerprint density at radius 3 is 2.48 bits per heavy atom. The Bertz CT molecular complexity index is 1430. The third-order valence-electron chi connectivity index (χ3n) is 9.11. The number of rotatable bonds is 3. The minimum absolute atomic E-state index is 0.0850. The molecule has 1 aromatic carbocycles. The van der Waals surface area contributed by atoms with Crippen molar-refractivity contribution in [3.63, 3.8) is 0 Å². The van der Waals surface area contributed by atoms with E-state index >= 15 is 4.39 Å². The van der Waals surface area contributed by atoms with E-state index in [9.17, 15) is 9.59 Å². The highest BCUT2D eigenvalue weighted by molar-refractivity contribution is 6.35. The second kappa shape index (κ2) is 12.0. The third-order valence-corrected chi connectivity index (χ3v) is 9.46. The summed E-state index contributed by atoms with van der Waals surface area (Å²) < 4.78 is 27.1. The Labute approximate surface area is 263 Å². The second-order valence-corrected chi connectivity index (χ2v) is 13.8. The fourth-order valence-electron chi connectivity index (χ4n) is 6.73. The molecule has 2 amide bonds. The van der Waals surface area contributed by atoms with E-state index in [1.807, 2.05) is 20.8 Å². The number of likely N-dealkylation sites (N-methyl/N-ethyl adjacent to an activating group) is 1. The number of piperazine rings is 2. The molecule has 0 spiro atoms. The largest absolute Gasteiger partial charge is 0.489 e. The zero-order valence-corrected chi connectivity index (χ0v) is 26.9.